The van der Waals surface area contributed by atoms with Crippen molar-refractivity contribution in [3.05, 3.63) is 23.7 Å². The van der Waals surface area contributed by atoms with E-state index in [0.717, 1.165) is 24.3 Å². The first kappa shape index (κ1) is 14.3. The summed E-state index contributed by atoms with van der Waals surface area (Å²) in [6.07, 6.45) is 3.07. The topological polar surface area (TPSA) is 34.4 Å². The number of ether oxygens (including phenoxy) is 1. The Labute approximate surface area is 105 Å². The number of nitrogens with one attached hydrogen (secondary N) is 1. The monoisotopic (exact) mass is 239 g/mol. The summed E-state index contributed by atoms with van der Waals surface area (Å²) in [6.45, 7) is 12.0. The highest BCUT2D eigenvalue weighted by atomic mass is 16.5. The summed E-state index contributed by atoms with van der Waals surface area (Å²) < 4.78 is 11.2. The van der Waals surface area contributed by atoms with E-state index in [1.807, 2.05) is 6.07 Å². The van der Waals surface area contributed by atoms with Crippen LogP contribution in [0.3, 0.4) is 0 Å². The molecule has 1 unspecified atom stereocenters. The first-order chi connectivity index (χ1) is 7.92. The smallest absolute Gasteiger partial charge is 0.123 e. The zero-order valence-corrected chi connectivity index (χ0v) is 11.7. The van der Waals surface area contributed by atoms with E-state index in [4.69, 9.17) is 9.15 Å². The quantitative estimate of drug-likeness (QED) is 0.825. The fourth-order valence-corrected chi connectivity index (χ4v) is 1.35. The fraction of sp³-hybridized carbons (Fsp3) is 0.714. The minimum atomic E-state index is 0.0988. The summed E-state index contributed by atoms with van der Waals surface area (Å²) in [5.41, 5.74) is 1.24. The maximum atomic E-state index is 5.72. The average Bonchev–Trinajstić information content (AvgIpc) is 2.69. The van der Waals surface area contributed by atoms with Gasteiger partial charge in [-0.05, 0) is 40.2 Å². The first-order valence-electron chi connectivity index (χ1n) is 6.34. The lowest BCUT2D eigenvalue weighted by Gasteiger charge is -2.20. The van der Waals surface area contributed by atoms with Crippen LogP contribution in [0.25, 0.3) is 0 Å². The summed E-state index contributed by atoms with van der Waals surface area (Å²) in [6, 6.07) is 1.99. The average molecular weight is 239 g/mol. The van der Waals surface area contributed by atoms with E-state index in [2.05, 4.69) is 39.9 Å². The molecule has 0 aliphatic heterocycles. The maximum absolute atomic E-state index is 5.72. The van der Waals surface area contributed by atoms with Crippen LogP contribution < -0.4 is 5.32 Å². The first-order valence-corrected chi connectivity index (χ1v) is 6.34. The van der Waals surface area contributed by atoms with E-state index >= 15 is 0 Å². The molecule has 3 heteroatoms. The number of furan rings is 1. The SMILES string of the molecule is CCC(C)OCc1ccoc1CNC(C)(C)C. The summed E-state index contributed by atoms with van der Waals surface area (Å²) in [7, 11) is 0. The molecule has 1 aromatic rings. The molecule has 17 heavy (non-hydrogen) atoms. The van der Waals surface area contributed by atoms with Crippen LogP contribution >= 0.6 is 0 Å². The molecule has 0 aliphatic rings. The zero-order chi connectivity index (χ0) is 12.9. The van der Waals surface area contributed by atoms with Crippen LogP contribution in [-0.2, 0) is 17.9 Å². The Morgan fingerprint density at radius 3 is 2.71 bits per heavy atom. The molecule has 0 bridgehead atoms. The van der Waals surface area contributed by atoms with E-state index in [-0.39, 0.29) is 5.54 Å². The Balaban J connectivity index is 2.48. The predicted molar refractivity (Wildman–Crippen MR) is 69.8 cm³/mol. The molecule has 1 aromatic heterocycles. The maximum Gasteiger partial charge on any atom is 0.123 e. The Hall–Kier alpha value is -0.800. The van der Waals surface area contributed by atoms with Crippen LogP contribution in [-0.4, -0.2) is 11.6 Å². The molecule has 1 rings (SSSR count). The van der Waals surface area contributed by atoms with E-state index < -0.39 is 0 Å². The van der Waals surface area contributed by atoms with Gasteiger partial charge in [-0.15, -0.1) is 0 Å². The number of hydrogen-bond acceptors (Lipinski definition) is 3. The molecule has 1 atom stereocenters. The molecule has 0 aliphatic carbocycles. The molecule has 1 N–H and O–H groups in total. The molecule has 3 nitrogen and oxygen atoms in total. The standard InChI is InChI=1S/C14H25NO2/c1-6-11(2)17-10-12-7-8-16-13(12)9-15-14(3,4)5/h7-8,11,15H,6,9-10H2,1-5H3. The second kappa shape index (κ2) is 6.22. The summed E-state index contributed by atoms with van der Waals surface area (Å²) in [5.74, 6) is 0.975. The van der Waals surface area contributed by atoms with Crippen molar-refractivity contribution < 1.29 is 9.15 Å². The summed E-state index contributed by atoms with van der Waals surface area (Å²) in [4.78, 5) is 0. The van der Waals surface area contributed by atoms with Gasteiger partial charge in [-0.2, -0.15) is 0 Å². The van der Waals surface area contributed by atoms with Crippen molar-refractivity contribution in [2.45, 2.75) is 65.8 Å². The normalized spacial score (nSPS) is 13.9. The Kier molecular flexibility index (Phi) is 5.22. The third-order valence-electron chi connectivity index (χ3n) is 2.72. The minimum absolute atomic E-state index is 0.0988. The molecule has 0 spiro atoms. The van der Waals surface area contributed by atoms with Gasteiger partial charge in [0.2, 0.25) is 0 Å². The van der Waals surface area contributed by atoms with Gasteiger partial charge in [0, 0.05) is 11.1 Å². The third kappa shape index (κ3) is 5.37. The van der Waals surface area contributed by atoms with Gasteiger partial charge in [-0.3, -0.25) is 0 Å². The zero-order valence-electron chi connectivity index (χ0n) is 11.7. The molecular formula is C14H25NO2. The van der Waals surface area contributed by atoms with Gasteiger partial charge in [0.05, 0.1) is 25.5 Å². The molecule has 0 amide bonds. The molecule has 0 saturated carbocycles. The lowest BCUT2D eigenvalue weighted by molar-refractivity contribution is 0.0499. The van der Waals surface area contributed by atoms with Gasteiger partial charge in [0.25, 0.3) is 0 Å². The van der Waals surface area contributed by atoms with Crippen molar-refractivity contribution in [2.75, 3.05) is 0 Å². The van der Waals surface area contributed by atoms with Gasteiger partial charge >= 0.3 is 0 Å². The Bertz CT molecular complexity index is 325. The van der Waals surface area contributed by atoms with E-state index in [1.54, 1.807) is 6.26 Å². The second-order valence-corrected chi connectivity index (χ2v) is 5.50. The molecule has 0 saturated heterocycles. The van der Waals surface area contributed by atoms with E-state index in [9.17, 15) is 0 Å². The van der Waals surface area contributed by atoms with Gasteiger partial charge in [0.15, 0.2) is 0 Å². The fourth-order valence-electron chi connectivity index (χ4n) is 1.35. The number of hydrogen-bond donors (Lipinski definition) is 1. The van der Waals surface area contributed by atoms with E-state index in [1.165, 1.54) is 0 Å². The predicted octanol–water partition coefficient (Wildman–Crippen LogP) is 3.48. The summed E-state index contributed by atoms with van der Waals surface area (Å²) in [5, 5.41) is 3.42. The van der Waals surface area contributed by atoms with Gasteiger partial charge in [-0.1, -0.05) is 6.92 Å². The lowest BCUT2D eigenvalue weighted by atomic mass is 10.1. The Morgan fingerprint density at radius 2 is 2.12 bits per heavy atom. The van der Waals surface area contributed by atoms with E-state index in [0.29, 0.717) is 12.7 Å². The largest absolute Gasteiger partial charge is 0.468 e. The molecule has 0 aromatic carbocycles. The molecule has 1 heterocycles. The number of rotatable bonds is 6. The van der Waals surface area contributed by atoms with Crippen molar-refractivity contribution in [3.8, 4) is 0 Å². The van der Waals surface area contributed by atoms with Crippen LogP contribution in [0.4, 0.5) is 0 Å². The second-order valence-electron chi connectivity index (χ2n) is 5.50. The van der Waals surface area contributed by atoms with Crippen molar-refractivity contribution in [2.24, 2.45) is 0 Å². The van der Waals surface area contributed by atoms with Crippen LogP contribution in [0.5, 0.6) is 0 Å². The third-order valence-corrected chi connectivity index (χ3v) is 2.72. The van der Waals surface area contributed by atoms with Crippen LogP contribution in [0.2, 0.25) is 0 Å². The summed E-state index contributed by atoms with van der Waals surface area (Å²) >= 11 is 0. The molecule has 0 fully saturated rings. The van der Waals surface area contributed by atoms with Gasteiger partial charge in [0.1, 0.15) is 5.76 Å². The molecule has 0 radical (unpaired) electrons. The lowest BCUT2D eigenvalue weighted by Crippen LogP contribution is -2.35. The molecule has 98 valence electrons. The van der Waals surface area contributed by atoms with Gasteiger partial charge < -0.3 is 14.5 Å². The van der Waals surface area contributed by atoms with Crippen molar-refractivity contribution in [3.63, 3.8) is 0 Å². The van der Waals surface area contributed by atoms with Crippen molar-refractivity contribution in [1.82, 2.24) is 5.32 Å². The van der Waals surface area contributed by atoms with Crippen LogP contribution in [0.15, 0.2) is 16.7 Å². The van der Waals surface area contributed by atoms with Crippen LogP contribution in [0, 0.1) is 0 Å². The highest BCUT2D eigenvalue weighted by Crippen LogP contribution is 2.14. The molecular weight excluding hydrogens is 214 g/mol. The van der Waals surface area contributed by atoms with Crippen molar-refractivity contribution >= 4 is 0 Å². The highest BCUT2D eigenvalue weighted by molar-refractivity contribution is 5.16. The van der Waals surface area contributed by atoms with Gasteiger partial charge in [-0.25, -0.2) is 0 Å². The van der Waals surface area contributed by atoms with Crippen LogP contribution in [0.1, 0.15) is 52.4 Å². The highest BCUT2D eigenvalue weighted by Gasteiger charge is 2.13. The minimum Gasteiger partial charge on any atom is -0.468 e. The van der Waals surface area contributed by atoms with Crippen molar-refractivity contribution in [1.29, 1.82) is 0 Å². The Morgan fingerprint density at radius 1 is 1.41 bits per heavy atom.